The van der Waals surface area contributed by atoms with Gasteiger partial charge in [0.25, 0.3) is 0 Å². The van der Waals surface area contributed by atoms with Gasteiger partial charge in [0.05, 0.1) is 24.8 Å². The van der Waals surface area contributed by atoms with E-state index >= 15 is 0 Å². The molecular formula is C32H34F4N2O5. The maximum Gasteiger partial charge on any atom is 0.416 e. The van der Waals surface area contributed by atoms with E-state index in [9.17, 15) is 27.2 Å². The first kappa shape index (κ1) is 31.7. The van der Waals surface area contributed by atoms with Crippen molar-refractivity contribution in [2.45, 2.75) is 51.1 Å². The molecule has 7 nitrogen and oxygen atoms in total. The van der Waals surface area contributed by atoms with E-state index in [0.29, 0.717) is 30.9 Å². The molecule has 2 amide bonds. The minimum atomic E-state index is -4.41. The van der Waals surface area contributed by atoms with Crippen molar-refractivity contribution >= 4 is 12.0 Å². The van der Waals surface area contributed by atoms with Crippen molar-refractivity contribution in [1.29, 1.82) is 0 Å². The van der Waals surface area contributed by atoms with Crippen LogP contribution < -0.4 is 9.47 Å². The maximum atomic E-state index is 14.3. The Labute approximate surface area is 247 Å². The predicted molar refractivity (Wildman–Crippen MR) is 151 cm³/mol. The van der Waals surface area contributed by atoms with Gasteiger partial charge < -0.3 is 24.0 Å². The molecule has 0 N–H and O–H groups in total. The summed E-state index contributed by atoms with van der Waals surface area (Å²) in [5.41, 5.74) is -0.829. The number of nitrogens with zero attached hydrogens (tertiary/aromatic N) is 2. The number of alkyl halides is 3. The van der Waals surface area contributed by atoms with Crippen LogP contribution in [0.2, 0.25) is 0 Å². The average Bonchev–Trinajstić information content (AvgIpc) is 3.23. The Balaban J connectivity index is 1.31. The molecule has 0 spiro atoms. The van der Waals surface area contributed by atoms with Crippen LogP contribution in [0.3, 0.4) is 0 Å². The van der Waals surface area contributed by atoms with E-state index in [-0.39, 0.29) is 37.4 Å². The minimum absolute atomic E-state index is 0.0497. The van der Waals surface area contributed by atoms with Gasteiger partial charge in [0.2, 0.25) is 5.60 Å². The number of para-hydroxylation sites is 1. The Morgan fingerprint density at radius 1 is 0.977 bits per heavy atom. The smallest absolute Gasteiger partial charge is 0.416 e. The predicted octanol–water partition coefficient (Wildman–Crippen LogP) is 6.49. The van der Waals surface area contributed by atoms with E-state index in [4.69, 9.17) is 14.2 Å². The SMILES string of the molecule is CCOC(=O)[C@](C)(Cc1ccc(OCC[C@H]2CN(Cc3ccc(C(F)(F)F)cc3)C(=O)N2C)cc1)Oc1ccccc1F. The molecule has 1 aliphatic rings. The first-order valence-corrected chi connectivity index (χ1v) is 13.9. The van der Waals surface area contributed by atoms with Gasteiger partial charge in [-0.1, -0.05) is 36.4 Å². The fourth-order valence-electron chi connectivity index (χ4n) is 4.88. The number of hydrogen-bond acceptors (Lipinski definition) is 5. The molecule has 2 atom stereocenters. The summed E-state index contributed by atoms with van der Waals surface area (Å²) >= 11 is 0. The molecule has 1 fully saturated rings. The number of esters is 1. The van der Waals surface area contributed by atoms with Gasteiger partial charge in [-0.15, -0.1) is 0 Å². The number of likely N-dealkylation sites (N-methyl/N-ethyl adjacent to an activating group) is 1. The van der Waals surface area contributed by atoms with E-state index in [1.807, 2.05) is 0 Å². The highest BCUT2D eigenvalue weighted by atomic mass is 19.4. The van der Waals surface area contributed by atoms with Crippen LogP contribution in [0.25, 0.3) is 0 Å². The Hall–Kier alpha value is -4.28. The number of halogens is 4. The fraction of sp³-hybridized carbons (Fsp3) is 0.375. The largest absolute Gasteiger partial charge is 0.494 e. The lowest BCUT2D eigenvalue weighted by molar-refractivity contribution is -0.160. The van der Waals surface area contributed by atoms with Crippen molar-refractivity contribution in [3.8, 4) is 11.5 Å². The third-order valence-electron chi connectivity index (χ3n) is 7.27. The highest BCUT2D eigenvalue weighted by molar-refractivity contribution is 5.80. The van der Waals surface area contributed by atoms with Crippen molar-refractivity contribution < 1.29 is 41.4 Å². The van der Waals surface area contributed by atoms with E-state index in [1.165, 1.54) is 30.3 Å². The van der Waals surface area contributed by atoms with Gasteiger partial charge in [0.1, 0.15) is 5.75 Å². The van der Waals surface area contributed by atoms with Gasteiger partial charge >= 0.3 is 18.2 Å². The molecule has 43 heavy (non-hydrogen) atoms. The third kappa shape index (κ3) is 7.97. The van der Waals surface area contributed by atoms with E-state index in [2.05, 4.69) is 0 Å². The molecule has 1 aliphatic heterocycles. The van der Waals surface area contributed by atoms with Crippen LogP contribution in [-0.4, -0.2) is 60.2 Å². The van der Waals surface area contributed by atoms with Crippen molar-refractivity contribution in [2.24, 2.45) is 0 Å². The molecule has 4 rings (SSSR count). The summed E-state index contributed by atoms with van der Waals surface area (Å²) in [6, 6.07) is 17.4. The number of carbonyl (C=O) groups is 2. The lowest BCUT2D eigenvalue weighted by Gasteiger charge is -2.28. The van der Waals surface area contributed by atoms with Crippen LogP contribution in [0.4, 0.5) is 22.4 Å². The second kappa shape index (κ2) is 13.4. The molecule has 0 saturated carbocycles. The van der Waals surface area contributed by atoms with E-state index in [0.717, 1.165) is 17.7 Å². The summed E-state index contributed by atoms with van der Waals surface area (Å²) in [6.45, 7) is 4.35. The molecule has 0 bridgehead atoms. The zero-order chi connectivity index (χ0) is 31.2. The lowest BCUT2D eigenvalue weighted by atomic mass is 9.96. The highest BCUT2D eigenvalue weighted by Gasteiger charge is 2.39. The van der Waals surface area contributed by atoms with Gasteiger partial charge in [-0.3, -0.25) is 0 Å². The van der Waals surface area contributed by atoms with Crippen LogP contribution in [0, 0.1) is 5.82 Å². The summed E-state index contributed by atoms with van der Waals surface area (Å²) in [5.74, 6) is -0.656. The topological polar surface area (TPSA) is 68.3 Å². The lowest BCUT2D eigenvalue weighted by Crippen LogP contribution is -2.45. The minimum Gasteiger partial charge on any atom is -0.494 e. The van der Waals surface area contributed by atoms with Gasteiger partial charge in [-0.05, 0) is 61.4 Å². The summed E-state index contributed by atoms with van der Waals surface area (Å²) < 4.78 is 69.7. The number of ether oxygens (including phenoxy) is 3. The number of carbonyl (C=O) groups excluding carboxylic acids is 2. The van der Waals surface area contributed by atoms with Crippen molar-refractivity contribution in [1.82, 2.24) is 9.80 Å². The monoisotopic (exact) mass is 602 g/mol. The normalized spacial score (nSPS) is 16.6. The Kier molecular flexibility index (Phi) is 9.83. The van der Waals surface area contributed by atoms with E-state index in [1.54, 1.807) is 61.0 Å². The zero-order valence-corrected chi connectivity index (χ0v) is 24.2. The molecule has 3 aromatic rings. The third-order valence-corrected chi connectivity index (χ3v) is 7.27. The van der Waals surface area contributed by atoms with Gasteiger partial charge in [0, 0.05) is 33.0 Å². The van der Waals surface area contributed by atoms with Crippen molar-refractivity contribution in [3.63, 3.8) is 0 Å². The number of benzene rings is 3. The Morgan fingerprint density at radius 2 is 1.63 bits per heavy atom. The number of hydrogen-bond donors (Lipinski definition) is 0. The van der Waals surface area contributed by atoms with Crippen LogP contribution >= 0.6 is 0 Å². The Morgan fingerprint density at radius 3 is 2.26 bits per heavy atom. The van der Waals surface area contributed by atoms with Crippen LogP contribution in [0.5, 0.6) is 11.5 Å². The standard InChI is InChI=1S/C32H34F4N2O5/c1-4-41-29(39)31(2,43-28-8-6-5-7-27(28)33)19-22-11-15-26(16-12-22)42-18-17-25-21-38(30(40)37(25)3)20-23-9-13-24(14-10-23)32(34,35)36/h5-16,25H,4,17-21H2,1-3H3/t25-,31-/m0/s1. The number of amides is 2. The van der Waals surface area contributed by atoms with Crippen LogP contribution in [0.15, 0.2) is 72.8 Å². The first-order valence-electron chi connectivity index (χ1n) is 13.9. The molecule has 0 aliphatic carbocycles. The molecule has 0 aromatic heterocycles. The molecule has 1 saturated heterocycles. The van der Waals surface area contributed by atoms with E-state index < -0.39 is 29.1 Å². The number of rotatable bonds is 12. The quantitative estimate of drug-likeness (QED) is 0.175. The average molecular weight is 603 g/mol. The van der Waals surface area contributed by atoms with Crippen LogP contribution in [-0.2, 0) is 28.7 Å². The Bertz CT molecular complexity index is 1400. The zero-order valence-electron chi connectivity index (χ0n) is 24.2. The first-order chi connectivity index (χ1) is 20.4. The summed E-state index contributed by atoms with van der Waals surface area (Å²) in [6.07, 6.45) is -3.73. The van der Waals surface area contributed by atoms with Gasteiger partial charge in [-0.25, -0.2) is 14.0 Å². The van der Waals surface area contributed by atoms with Gasteiger partial charge in [-0.2, -0.15) is 13.2 Å². The summed E-state index contributed by atoms with van der Waals surface area (Å²) in [7, 11) is 1.69. The molecule has 3 aromatic carbocycles. The fourth-order valence-corrected chi connectivity index (χ4v) is 4.88. The molecule has 11 heteroatoms. The van der Waals surface area contributed by atoms with Crippen molar-refractivity contribution in [2.75, 3.05) is 26.8 Å². The molecule has 1 heterocycles. The molecule has 0 unspecified atom stereocenters. The number of urea groups is 1. The maximum absolute atomic E-state index is 14.3. The summed E-state index contributed by atoms with van der Waals surface area (Å²) in [5, 5.41) is 0. The van der Waals surface area contributed by atoms with Crippen LogP contribution in [0.1, 0.15) is 37.0 Å². The van der Waals surface area contributed by atoms with Crippen molar-refractivity contribution in [3.05, 3.63) is 95.3 Å². The molecule has 230 valence electrons. The van der Waals surface area contributed by atoms with Gasteiger partial charge in [0.15, 0.2) is 11.6 Å². The molecule has 0 radical (unpaired) electrons. The molecular weight excluding hydrogens is 568 g/mol. The second-order valence-corrected chi connectivity index (χ2v) is 10.6. The summed E-state index contributed by atoms with van der Waals surface area (Å²) in [4.78, 5) is 28.7. The second-order valence-electron chi connectivity index (χ2n) is 10.6. The highest BCUT2D eigenvalue weighted by Crippen LogP contribution is 2.30.